The summed E-state index contributed by atoms with van der Waals surface area (Å²) in [5.41, 5.74) is 5.87. The first kappa shape index (κ1) is 24.2. The number of nitrogens with one attached hydrogen (secondary N) is 1. The van der Waals surface area contributed by atoms with E-state index in [2.05, 4.69) is 22.9 Å². The summed E-state index contributed by atoms with van der Waals surface area (Å²) in [5.74, 6) is 0.288. The number of carboxylic acids is 1. The Morgan fingerprint density at radius 2 is 1.77 bits per heavy atom. The van der Waals surface area contributed by atoms with Crippen molar-refractivity contribution in [3.05, 3.63) is 83.7 Å². The van der Waals surface area contributed by atoms with Crippen molar-refractivity contribution in [1.82, 2.24) is 9.55 Å². The number of aryl methyl sites for hydroxylation is 1. The predicted molar refractivity (Wildman–Crippen MR) is 140 cm³/mol. The molecule has 1 heterocycles. The Hall–Kier alpha value is -3.93. The monoisotopic (exact) mass is 469 g/mol. The zero-order valence-corrected chi connectivity index (χ0v) is 20.3. The number of Topliss-reactive ketones (excluding diaryl/α,β-unsaturated/α-hetero) is 1. The SMILES string of the molecule is CCCCc1nc2ccc(NCC(=O)CC)cc2n1Cc1ccc(-c2ccccc2C(=O)O)cc1. The second-order valence-electron chi connectivity index (χ2n) is 8.71. The molecule has 0 bridgehead atoms. The number of carbonyl (C=O) groups is 2. The van der Waals surface area contributed by atoms with Gasteiger partial charge in [0.2, 0.25) is 0 Å². The van der Waals surface area contributed by atoms with Crippen LogP contribution in [0.4, 0.5) is 5.69 Å². The molecule has 0 unspecified atom stereocenters. The lowest BCUT2D eigenvalue weighted by Crippen LogP contribution is -2.12. The molecule has 0 aliphatic heterocycles. The fourth-order valence-electron chi connectivity index (χ4n) is 4.20. The maximum absolute atomic E-state index is 11.8. The van der Waals surface area contributed by atoms with Gasteiger partial charge in [-0.1, -0.05) is 62.7 Å². The van der Waals surface area contributed by atoms with E-state index >= 15 is 0 Å². The summed E-state index contributed by atoms with van der Waals surface area (Å²) in [5, 5.41) is 12.8. The first-order valence-electron chi connectivity index (χ1n) is 12.2. The number of ketones is 1. The van der Waals surface area contributed by atoms with E-state index in [1.165, 1.54) is 0 Å². The Balaban J connectivity index is 1.65. The maximum atomic E-state index is 11.8. The number of nitrogens with zero attached hydrogens (tertiary/aromatic N) is 2. The molecule has 0 aliphatic carbocycles. The molecule has 0 radical (unpaired) electrons. The largest absolute Gasteiger partial charge is 0.478 e. The smallest absolute Gasteiger partial charge is 0.336 e. The first-order valence-corrected chi connectivity index (χ1v) is 12.2. The van der Waals surface area contributed by atoms with Crippen LogP contribution in [0.5, 0.6) is 0 Å². The third-order valence-electron chi connectivity index (χ3n) is 6.23. The molecule has 6 heteroatoms. The fourth-order valence-corrected chi connectivity index (χ4v) is 4.20. The average Bonchev–Trinajstić information content (AvgIpc) is 3.22. The highest BCUT2D eigenvalue weighted by Crippen LogP contribution is 2.26. The molecule has 0 saturated heterocycles. The Kier molecular flexibility index (Phi) is 7.60. The Morgan fingerprint density at radius 1 is 1.00 bits per heavy atom. The number of hydrogen-bond acceptors (Lipinski definition) is 4. The van der Waals surface area contributed by atoms with Gasteiger partial charge in [-0.15, -0.1) is 0 Å². The minimum atomic E-state index is -0.930. The summed E-state index contributed by atoms with van der Waals surface area (Å²) < 4.78 is 2.25. The van der Waals surface area contributed by atoms with Crippen molar-refractivity contribution in [2.75, 3.05) is 11.9 Å². The molecular weight excluding hydrogens is 438 g/mol. The Morgan fingerprint density at radius 3 is 2.49 bits per heavy atom. The molecule has 35 heavy (non-hydrogen) atoms. The van der Waals surface area contributed by atoms with Crippen molar-refractivity contribution in [2.45, 2.75) is 46.1 Å². The zero-order valence-electron chi connectivity index (χ0n) is 20.3. The molecular formula is C29H31N3O3. The van der Waals surface area contributed by atoms with Gasteiger partial charge in [-0.05, 0) is 47.4 Å². The van der Waals surface area contributed by atoms with E-state index in [1.807, 2.05) is 55.5 Å². The molecule has 4 rings (SSSR count). The van der Waals surface area contributed by atoms with Crippen LogP contribution < -0.4 is 5.32 Å². The van der Waals surface area contributed by atoms with E-state index < -0.39 is 5.97 Å². The molecule has 0 atom stereocenters. The average molecular weight is 470 g/mol. The summed E-state index contributed by atoms with van der Waals surface area (Å²) in [6.45, 7) is 5.02. The number of carbonyl (C=O) groups excluding carboxylic acids is 1. The second-order valence-corrected chi connectivity index (χ2v) is 8.71. The van der Waals surface area contributed by atoms with Crippen molar-refractivity contribution >= 4 is 28.5 Å². The summed E-state index contributed by atoms with van der Waals surface area (Å²) in [4.78, 5) is 28.3. The molecule has 4 aromatic rings. The van der Waals surface area contributed by atoms with Crippen LogP contribution in [-0.2, 0) is 17.8 Å². The van der Waals surface area contributed by atoms with Gasteiger partial charge in [0.25, 0.3) is 0 Å². The normalized spacial score (nSPS) is 11.0. The molecule has 3 aromatic carbocycles. The predicted octanol–water partition coefficient (Wildman–Crippen LogP) is 6.18. The van der Waals surface area contributed by atoms with Crippen molar-refractivity contribution in [1.29, 1.82) is 0 Å². The molecule has 2 N–H and O–H groups in total. The number of carboxylic acid groups (broad SMARTS) is 1. The highest BCUT2D eigenvalue weighted by molar-refractivity contribution is 5.96. The van der Waals surface area contributed by atoms with Gasteiger partial charge in [-0.25, -0.2) is 9.78 Å². The topological polar surface area (TPSA) is 84.2 Å². The Labute approximate surface area is 205 Å². The van der Waals surface area contributed by atoms with Gasteiger partial charge in [0.15, 0.2) is 5.78 Å². The van der Waals surface area contributed by atoms with Crippen LogP contribution in [0.2, 0.25) is 0 Å². The van der Waals surface area contributed by atoms with Crippen LogP contribution in [0.1, 0.15) is 54.9 Å². The number of aromatic nitrogens is 2. The van der Waals surface area contributed by atoms with Gasteiger partial charge >= 0.3 is 5.97 Å². The molecule has 6 nitrogen and oxygen atoms in total. The lowest BCUT2D eigenvalue weighted by atomic mass is 9.99. The van der Waals surface area contributed by atoms with E-state index in [4.69, 9.17) is 4.98 Å². The van der Waals surface area contributed by atoms with Crippen LogP contribution in [-0.4, -0.2) is 33.0 Å². The summed E-state index contributed by atoms with van der Waals surface area (Å²) in [6.07, 6.45) is 3.56. The summed E-state index contributed by atoms with van der Waals surface area (Å²) in [7, 11) is 0. The van der Waals surface area contributed by atoms with E-state index in [0.29, 0.717) is 30.6 Å². The van der Waals surface area contributed by atoms with Crippen molar-refractivity contribution in [3.63, 3.8) is 0 Å². The minimum absolute atomic E-state index is 0.173. The molecule has 0 spiro atoms. The fraction of sp³-hybridized carbons (Fsp3) is 0.276. The summed E-state index contributed by atoms with van der Waals surface area (Å²) in [6, 6.07) is 21.2. The summed E-state index contributed by atoms with van der Waals surface area (Å²) >= 11 is 0. The van der Waals surface area contributed by atoms with Crippen molar-refractivity contribution in [2.24, 2.45) is 0 Å². The molecule has 1 aromatic heterocycles. The second kappa shape index (κ2) is 11.0. The molecule has 0 fully saturated rings. The number of unbranched alkanes of at least 4 members (excludes halogenated alkanes) is 1. The van der Waals surface area contributed by atoms with Gasteiger partial charge in [0, 0.05) is 25.1 Å². The number of benzene rings is 3. The number of anilines is 1. The number of imidazole rings is 1. The van der Waals surface area contributed by atoms with E-state index in [-0.39, 0.29) is 5.78 Å². The van der Waals surface area contributed by atoms with Crippen LogP contribution in [0.25, 0.3) is 22.2 Å². The van der Waals surface area contributed by atoms with Gasteiger partial charge < -0.3 is 15.0 Å². The van der Waals surface area contributed by atoms with E-state index in [1.54, 1.807) is 12.1 Å². The standard InChI is InChI=1S/C29H31N3O3/c1-3-5-10-28-31-26-16-15-22(30-18-23(33)4-2)17-27(26)32(28)19-20-11-13-21(14-12-20)24-8-6-7-9-25(24)29(34)35/h6-9,11-17,30H,3-5,10,18-19H2,1-2H3,(H,34,35). The van der Waals surface area contributed by atoms with Gasteiger partial charge in [-0.2, -0.15) is 0 Å². The van der Waals surface area contributed by atoms with E-state index in [9.17, 15) is 14.7 Å². The zero-order chi connectivity index (χ0) is 24.8. The highest BCUT2D eigenvalue weighted by atomic mass is 16.4. The number of hydrogen-bond donors (Lipinski definition) is 2. The van der Waals surface area contributed by atoms with Crippen molar-refractivity contribution < 1.29 is 14.7 Å². The van der Waals surface area contributed by atoms with Gasteiger partial charge in [-0.3, -0.25) is 4.79 Å². The number of fused-ring (bicyclic) bond motifs is 1. The number of aromatic carboxylic acids is 1. The van der Waals surface area contributed by atoms with Crippen LogP contribution in [0.3, 0.4) is 0 Å². The van der Waals surface area contributed by atoms with Crippen LogP contribution in [0, 0.1) is 0 Å². The third-order valence-corrected chi connectivity index (χ3v) is 6.23. The lowest BCUT2D eigenvalue weighted by Gasteiger charge is -2.12. The van der Waals surface area contributed by atoms with Gasteiger partial charge in [0.05, 0.1) is 23.1 Å². The van der Waals surface area contributed by atoms with Crippen LogP contribution >= 0.6 is 0 Å². The first-order chi connectivity index (χ1) is 17.0. The molecule has 180 valence electrons. The van der Waals surface area contributed by atoms with Crippen LogP contribution in [0.15, 0.2) is 66.7 Å². The quantitative estimate of drug-likeness (QED) is 0.274. The Bertz CT molecular complexity index is 1340. The highest BCUT2D eigenvalue weighted by Gasteiger charge is 2.14. The molecule has 0 aliphatic rings. The maximum Gasteiger partial charge on any atom is 0.336 e. The number of rotatable bonds is 11. The third kappa shape index (κ3) is 5.60. The molecule has 0 saturated carbocycles. The molecule has 0 amide bonds. The van der Waals surface area contributed by atoms with E-state index in [0.717, 1.165) is 52.9 Å². The lowest BCUT2D eigenvalue weighted by molar-refractivity contribution is -0.117. The minimum Gasteiger partial charge on any atom is -0.478 e. The van der Waals surface area contributed by atoms with Crippen molar-refractivity contribution in [3.8, 4) is 11.1 Å². The van der Waals surface area contributed by atoms with Gasteiger partial charge in [0.1, 0.15) is 5.82 Å².